The predicted octanol–water partition coefficient (Wildman–Crippen LogP) is 6.41. The molecule has 0 radical (unpaired) electrons. The Bertz CT molecular complexity index is 1330. The molecule has 3 heterocycles. The molecule has 1 saturated carbocycles. The van der Waals surface area contributed by atoms with Gasteiger partial charge in [0.25, 0.3) is 0 Å². The number of nitrogens with zero attached hydrogens (tertiary/aromatic N) is 3. The number of aromatic amines is 1. The molecule has 1 aliphatic carbocycles. The number of hydrogen-bond acceptors (Lipinski definition) is 6. The van der Waals surface area contributed by atoms with E-state index in [1.807, 2.05) is 6.07 Å². The van der Waals surface area contributed by atoms with E-state index >= 15 is 0 Å². The summed E-state index contributed by atoms with van der Waals surface area (Å²) in [4.78, 5) is 11.8. The second kappa shape index (κ2) is 12.9. The number of aromatic nitrogens is 1. The van der Waals surface area contributed by atoms with E-state index in [0.29, 0.717) is 12.0 Å². The largest absolute Gasteiger partial charge is 0.493 e. The average Bonchev–Trinajstić information content (AvgIpc) is 3.41. The number of ether oxygens (including phenoxy) is 2. The van der Waals surface area contributed by atoms with Crippen LogP contribution in [0, 0.1) is 0 Å². The highest BCUT2D eigenvalue weighted by Crippen LogP contribution is 2.40. The minimum atomic E-state index is 0.382. The zero-order valence-corrected chi connectivity index (χ0v) is 26.4. The molecule has 0 atom stereocenters. The Balaban J connectivity index is 1.08. The second-order valence-corrected chi connectivity index (χ2v) is 13.2. The van der Waals surface area contributed by atoms with Gasteiger partial charge in [0, 0.05) is 66.5 Å². The summed E-state index contributed by atoms with van der Waals surface area (Å²) in [5, 5.41) is 5.22. The van der Waals surface area contributed by atoms with Crippen LogP contribution in [0.1, 0.15) is 63.9 Å². The Morgan fingerprint density at radius 2 is 1.40 bits per heavy atom. The van der Waals surface area contributed by atoms with Crippen molar-refractivity contribution in [1.82, 2.24) is 19.7 Å². The molecule has 228 valence electrons. The van der Waals surface area contributed by atoms with E-state index in [4.69, 9.17) is 9.47 Å². The number of hydrogen-bond donors (Lipinski definition) is 2. The van der Waals surface area contributed by atoms with E-state index in [-0.39, 0.29) is 0 Å². The molecule has 7 nitrogen and oxygen atoms in total. The minimum absolute atomic E-state index is 0.382. The van der Waals surface area contributed by atoms with Gasteiger partial charge in [-0.25, -0.2) is 0 Å². The van der Waals surface area contributed by atoms with E-state index in [1.54, 1.807) is 14.2 Å². The smallest absolute Gasteiger partial charge is 0.161 e. The summed E-state index contributed by atoms with van der Waals surface area (Å²) in [6, 6.07) is 15.1. The molecule has 3 aromatic rings. The van der Waals surface area contributed by atoms with E-state index in [0.717, 1.165) is 34.8 Å². The molecule has 42 heavy (non-hydrogen) atoms. The third kappa shape index (κ3) is 6.15. The van der Waals surface area contributed by atoms with Crippen LogP contribution < -0.4 is 14.8 Å². The van der Waals surface area contributed by atoms with Crippen LogP contribution in [0.2, 0.25) is 0 Å². The number of H-pyrrole nitrogens is 1. The second-order valence-electron chi connectivity index (χ2n) is 13.2. The lowest BCUT2D eigenvalue weighted by Crippen LogP contribution is -2.55. The minimum Gasteiger partial charge on any atom is -0.493 e. The summed E-state index contributed by atoms with van der Waals surface area (Å²) in [6.45, 7) is 12.1. The lowest BCUT2D eigenvalue weighted by atomic mass is 9.89. The summed E-state index contributed by atoms with van der Waals surface area (Å²) in [5.41, 5.74) is 6.04. The van der Waals surface area contributed by atoms with Crippen molar-refractivity contribution in [3.8, 4) is 22.8 Å². The number of piperidine rings is 1. The lowest BCUT2D eigenvalue weighted by molar-refractivity contribution is 0.0372. The summed E-state index contributed by atoms with van der Waals surface area (Å²) in [5.74, 6) is 1.88. The standard InChI is InChI=1S/C35H51N5O2/c1-24(2)34-30-23-27(9-12-31(30)37-35(34)25-6-13-32(41-4)33(22-25)42-5)36-26-7-10-28(11-8-26)39-18-20-40(21-19-39)29-14-16-38(3)17-15-29/h6,9,12-13,22-24,26,28-29,36-37H,7-8,10-11,14-21H2,1-5H3. The molecule has 2 N–H and O–H groups in total. The van der Waals surface area contributed by atoms with Crippen LogP contribution in [0.4, 0.5) is 5.69 Å². The maximum absolute atomic E-state index is 5.60. The maximum Gasteiger partial charge on any atom is 0.161 e. The highest BCUT2D eigenvalue weighted by atomic mass is 16.5. The maximum atomic E-state index is 5.60. The van der Waals surface area contributed by atoms with Crippen molar-refractivity contribution in [3.05, 3.63) is 42.0 Å². The van der Waals surface area contributed by atoms with Crippen LogP contribution >= 0.6 is 0 Å². The number of fused-ring (bicyclic) bond motifs is 1. The van der Waals surface area contributed by atoms with Crippen LogP contribution in [-0.2, 0) is 0 Å². The summed E-state index contributed by atoms with van der Waals surface area (Å²) in [7, 11) is 5.64. The molecule has 3 aliphatic rings. The van der Waals surface area contributed by atoms with Crippen molar-refractivity contribution < 1.29 is 9.47 Å². The van der Waals surface area contributed by atoms with Crippen molar-refractivity contribution in [3.63, 3.8) is 0 Å². The van der Waals surface area contributed by atoms with Crippen molar-refractivity contribution in [1.29, 1.82) is 0 Å². The zero-order chi connectivity index (χ0) is 29.2. The normalized spacial score (nSPS) is 23.5. The van der Waals surface area contributed by atoms with Gasteiger partial charge in [0.2, 0.25) is 0 Å². The van der Waals surface area contributed by atoms with Crippen molar-refractivity contribution in [2.45, 2.75) is 76.4 Å². The molecule has 0 spiro atoms. The predicted molar refractivity (Wildman–Crippen MR) is 174 cm³/mol. The number of benzene rings is 2. The first-order valence-electron chi connectivity index (χ1n) is 16.2. The van der Waals surface area contributed by atoms with Gasteiger partial charge in [-0.15, -0.1) is 0 Å². The van der Waals surface area contributed by atoms with Crippen LogP contribution in [0.5, 0.6) is 11.5 Å². The monoisotopic (exact) mass is 573 g/mol. The third-order valence-corrected chi connectivity index (χ3v) is 10.2. The third-order valence-electron chi connectivity index (χ3n) is 10.2. The van der Waals surface area contributed by atoms with Crippen molar-refractivity contribution in [2.24, 2.45) is 0 Å². The number of nitrogens with one attached hydrogen (secondary N) is 2. The quantitative estimate of drug-likeness (QED) is 0.325. The van der Waals surface area contributed by atoms with Gasteiger partial charge < -0.3 is 24.7 Å². The Morgan fingerprint density at radius 1 is 0.762 bits per heavy atom. The molecule has 2 aromatic carbocycles. The first-order valence-corrected chi connectivity index (χ1v) is 16.2. The van der Waals surface area contributed by atoms with E-state index in [9.17, 15) is 0 Å². The number of methoxy groups -OCH3 is 2. The Labute approximate surface area is 252 Å². The average molecular weight is 574 g/mol. The number of anilines is 1. The SMILES string of the molecule is COc1ccc(-c2[nH]c3ccc(NC4CCC(N5CCN(C6CCN(C)CC6)CC5)CC4)cc3c2C(C)C)cc1OC. The Morgan fingerprint density at radius 3 is 2.02 bits per heavy atom. The van der Waals surface area contributed by atoms with E-state index in [1.165, 1.54) is 99.9 Å². The van der Waals surface area contributed by atoms with Gasteiger partial charge in [-0.1, -0.05) is 13.8 Å². The topological polar surface area (TPSA) is 56.0 Å². The lowest BCUT2D eigenvalue weighted by Gasteiger charge is -2.45. The van der Waals surface area contributed by atoms with Crippen molar-refractivity contribution >= 4 is 16.6 Å². The molecular weight excluding hydrogens is 522 g/mol. The molecule has 0 bridgehead atoms. The first kappa shape index (κ1) is 29.3. The first-order chi connectivity index (χ1) is 20.4. The fourth-order valence-corrected chi connectivity index (χ4v) is 7.77. The van der Waals surface area contributed by atoms with Crippen LogP contribution in [0.15, 0.2) is 36.4 Å². The summed E-state index contributed by atoms with van der Waals surface area (Å²) in [6.07, 6.45) is 7.80. The van der Waals surface area contributed by atoms with Crippen molar-refractivity contribution in [2.75, 3.05) is 65.9 Å². The highest BCUT2D eigenvalue weighted by Gasteiger charge is 2.31. The van der Waals surface area contributed by atoms with Gasteiger partial charge in [0.05, 0.1) is 19.9 Å². The number of piperazine rings is 1. The summed E-state index contributed by atoms with van der Waals surface area (Å²) >= 11 is 0. The van der Waals surface area contributed by atoms with E-state index in [2.05, 4.69) is 76.2 Å². The van der Waals surface area contributed by atoms with Gasteiger partial charge in [0.1, 0.15) is 0 Å². The molecule has 2 saturated heterocycles. The number of rotatable bonds is 8. The molecule has 1 aromatic heterocycles. The number of likely N-dealkylation sites (tertiary alicyclic amines) is 1. The Kier molecular flexibility index (Phi) is 8.98. The molecule has 0 amide bonds. The van der Waals surface area contributed by atoms with Crippen LogP contribution in [-0.4, -0.2) is 98.3 Å². The van der Waals surface area contributed by atoms with Gasteiger partial charge in [-0.05, 0) is 107 Å². The molecule has 7 heteroatoms. The van der Waals surface area contributed by atoms with Crippen LogP contribution in [0.3, 0.4) is 0 Å². The fourth-order valence-electron chi connectivity index (χ4n) is 7.77. The van der Waals surface area contributed by atoms with Gasteiger partial charge in [-0.2, -0.15) is 0 Å². The molecular formula is C35H51N5O2. The van der Waals surface area contributed by atoms with Gasteiger partial charge in [-0.3, -0.25) is 9.80 Å². The van der Waals surface area contributed by atoms with Gasteiger partial charge >= 0.3 is 0 Å². The zero-order valence-electron chi connectivity index (χ0n) is 26.4. The molecule has 3 fully saturated rings. The molecule has 2 aliphatic heterocycles. The highest BCUT2D eigenvalue weighted by molar-refractivity contribution is 5.93. The summed E-state index contributed by atoms with van der Waals surface area (Å²) < 4.78 is 11.1. The van der Waals surface area contributed by atoms with Gasteiger partial charge in [0.15, 0.2) is 11.5 Å². The molecule has 0 unspecified atom stereocenters. The fraction of sp³-hybridized carbons (Fsp3) is 0.600. The Hall–Kier alpha value is -2.74. The molecule has 6 rings (SSSR count). The van der Waals surface area contributed by atoms with Crippen LogP contribution in [0.25, 0.3) is 22.2 Å². The van der Waals surface area contributed by atoms with E-state index < -0.39 is 0 Å².